The van der Waals surface area contributed by atoms with Crippen LogP contribution in [-0.2, 0) is 0 Å². The molecule has 252 valence electrons. The summed E-state index contributed by atoms with van der Waals surface area (Å²) in [7, 11) is 0. The molecule has 1 heterocycles. The first-order valence-corrected chi connectivity index (χ1v) is 18.1. The van der Waals surface area contributed by atoms with Crippen LogP contribution in [0.4, 0.5) is 17.1 Å². The van der Waals surface area contributed by atoms with E-state index in [0.717, 1.165) is 44.9 Å². The predicted octanol–water partition coefficient (Wildman–Crippen LogP) is 14.5. The average Bonchev–Trinajstić information content (AvgIpc) is 3.58. The van der Waals surface area contributed by atoms with Crippen LogP contribution in [0, 0.1) is 6.92 Å². The molecule has 0 unspecified atom stereocenters. The predicted molar refractivity (Wildman–Crippen MR) is 223 cm³/mol. The molecule has 1 aromatic heterocycles. The molecule has 0 aliphatic rings. The van der Waals surface area contributed by atoms with Gasteiger partial charge in [0.25, 0.3) is 0 Å². The van der Waals surface area contributed by atoms with Crippen molar-refractivity contribution in [2.75, 3.05) is 4.90 Å². The van der Waals surface area contributed by atoms with Gasteiger partial charge in [0, 0.05) is 33.6 Å². The second-order valence-corrected chi connectivity index (χ2v) is 13.4. The number of para-hydroxylation sites is 2. The summed E-state index contributed by atoms with van der Waals surface area (Å²) >= 11 is 0. The second kappa shape index (κ2) is 14.0. The lowest BCUT2D eigenvalue weighted by molar-refractivity contribution is 0.629. The lowest BCUT2D eigenvalue weighted by atomic mass is 9.97. The van der Waals surface area contributed by atoms with Gasteiger partial charge in [-0.1, -0.05) is 152 Å². The molecule has 0 saturated heterocycles. The second-order valence-electron chi connectivity index (χ2n) is 13.4. The molecular formula is C51H37NO. The van der Waals surface area contributed by atoms with Gasteiger partial charge < -0.3 is 9.32 Å². The van der Waals surface area contributed by atoms with E-state index in [1.807, 2.05) is 12.1 Å². The number of nitrogens with zero attached hydrogens (tertiary/aromatic N) is 1. The molecule has 53 heavy (non-hydrogen) atoms. The quantitative estimate of drug-likeness (QED) is 0.159. The fourth-order valence-corrected chi connectivity index (χ4v) is 7.28. The minimum atomic E-state index is 0.923. The summed E-state index contributed by atoms with van der Waals surface area (Å²) in [6.07, 6.45) is 0. The molecule has 9 aromatic rings. The Bertz CT molecular complexity index is 2640. The van der Waals surface area contributed by atoms with E-state index in [-0.39, 0.29) is 0 Å². The third-order valence-corrected chi connectivity index (χ3v) is 10.1. The molecule has 2 heteroatoms. The van der Waals surface area contributed by atoms with E-state index in [1.165, 1.54) is 44.5 Å². The van der Waals surface area contributed by atoms with Gasteiger partial charge in [0.05, 0.1) is 0 Å². The van der Waals surface area contributed by atoms with Gasteiger partial charge in [-0.25, -0.2) is 0 Å². The van der Waals surface area contributed by atoms with Gasteiger partial charge in [0.15, 0.2) is 0 Å². The van der Waals surface area contributed by atoms with Gasteiger partial charge in [-0.05, 0) is 106 Å². The maximum Gasteiger partial charge on any atom is 0.138 e. The monoisotopic (exact) mass is 679 g/mol. The Hall–Kier alpha value is -6.90. The van der Waals surface area contributed by atoms with Crippen molar-refractivity contribution < 1.29 is 4.42 Å². The highest BCUT2D eigenvalue weighted by atomic mass is 16.3. The number of aryl methyl sites for hydroxylation is 1. The fraction of sp³-hybridized carbons (Fsp3) is 0.0196. The number of furan rings is 1. The number of hydrogen-bond donors (Lipinski definition) is 0. The highest BCUT2D eigenvalue weighted by molar-refractivity contribution is 5.88. The van der Waals surface area contributed by atoms with Crippen molar-refractivity contribution in [1.82, 2.24) is 0 Å². The molecule has 0 aliphatic heterocycles. The van der Waals surface area contributed by atoms with Crippen LogP contribution < -0.4 is 4.90 Å². The fourth-order valence-electron chi connectivity index (χ4n) is 7.28. The van der Waals surface area contributed by atoms with Gasteiger partial charge in [-0.15, -0.1) is 0 Å². The lowest BCUT2D eigenvalue weighted by Crippen LogP contribution is -2.09. The molecule has 0 radical (unpaired) electrons. The van der Waals surface area contributed by atoms with Crippen LogP contribution in [0.2, 0.25) is 0 Å². The Kier molecular flexibility index (Phi) is 8.47. The van der Waals surface area contributed by atoms with Crippen molar-refractivity contribution in [2.24, 2.45) is 0 Å². The summed E-state index contributed by atoms with van der Waals surface area (Å²) in [5.41, 5.74) is 16.0. The van der Waals surface area contributed by atoms with Gasteiger partial charge in [-0.3, -0.25) is 0 Å². The highest BCUT2D eigenvalue weighted by Crippen LogP contribution is 2.38. The van der Waals surface area contributed by atoms with Gasteiger partial charge >= 0.3 is 0 Å². The van der Waals surface area contributed by atoms with Crippen LogP contribution in [0.3, 0.4) is 0 Å². The van der Waals surface area contributed by atoms with Crippen molar-refractivity contribution >= 4 is 28.0 Å². The zero-order valence-electron chi connectivity index (χ0n) is 29.5. The minimum Gasteiger partial charge on any atom is -0.456 e. The van der Waals surface area contributed by atoms with E-state index in [1.54, 1.807) is 0 Å². The van der Waals surface area contributed by atoms with E-state index < -0.39 is 0 Å². The van der Waals surface area contributed by atoms with Crippen molar-refractivity contribution in [3.63, 3.8) is 0 Å². The van der Waals surface area contributed by atoms with Crippen LogP contribution in [0.15, 0.2) is 211 Å². The standard InChI is InChI=1S/C51H37NO/c1-36-49-20-8-9-21-50(49)53-51(36)45-17-11-16-44(35-45)40-24-22-38(23-25-40)39-26-30-47(31-27-39)52(46-18-6-3-7-19-46)48-32-28-41(29-33-48)43-15-10-14-42(34-43)37-12-4-2-5-13-37/h2-35H,1H3. The average molecular weight is 680 g/mol. The Morgan fingerprint density at radius 3 is 1.25 bits per heavy atom. The molecule has 2 nitrogen and oxygen atoms in total. The molecule has 0 aliphatic carbocycles. The minimum absolute atomic E-state index is 0.923. The number of benzene rings is 8. The molecule has 0 N–H and O–H groups in total. The number of fused-ring (bicyclic) bond motifs is 1. The maximum atomic E-state index is 6.27. The third-order valence-electron chi connectivity index (χ3n) is 10.1. The molecule has 0 fully saturated rings. The molecule has 0 spiro atoms. The van der Waals surface area contributed by atoms with Crippen molar-refractivity contribution in [3.8, 4) is 55.8 Å². The van der Waals surface area contributed by atoms with Crippen LogP contribution in [0.1, 0.15) is 5.56 Å². The van der Waals surface area contributed by atoms with E-state index in [9.17, 15) is 0 Å². The molecular weight excluding hydrogens is 643 g/mol. The van der Waals surface area contributed by atoms with Crippen molar-refractivity contribution in [2.45, 2.75) is 6.92 Å². The van der Waals surface area contributed by atoms with E-state index in [0.29, 0.717) is 0 Å². The van der Waals surface area contributed by atoms with E-state index in [4.69, 9.17) is 4.42 Å². The summed E-state index contributed by atoms with van der Waals surface area (Å²) < 4.78 is 6.27. The molecule has 0 saturated carbocycles. The third kappa shape index (κ3) is 6.44. The van der Waals surface area contributed by atoms with Crippen LogP contribution in [0.5, 0.6) is 0 Å². The summed E-state index contributed by atoms with van der Waals surface area (Å²) in [5.74, 6) is 0.930. The molecule has 0 bridgehead atoms. The van der Waals surface area contributed by atoms with E-state index >= 15 is 0 Å². The number of anilines is 3. The molecule has 0 atom stereocenters. The van der Waals surface area contributed by atoms with Crippen molar-refractivity contribution in [3.05, 3.63) is 212 Å². The Balaban J connectivity index is 0.971. The van der Waals surface area contributed by atoms with Crippen molar-refractivity contribution in [1.29, 1.82) is 0 Å². The van der Waals surface area contributed by atoms with Gasteiger partial charge in [0.2, 0.25) is 0 Å². The molecule has 9 rings (SSSR count). The number of hydrogen-bond acceptors (Lipinski definition) is 2. The number of rotatable bonds is 8. The zero-order chi connectivity index (χ0) is 35.6. The summed E-state index contributed by atoms with van der Waals surface area (Å²) in [6.45, 7) is 2.13. The molecule has 8 aromatic carbocycles. The van der Waals surface area contributed by atoms with Crippen LogP contribution in [0.25, 0.3) is 66.8 Å². The van der Waals surface area contributed by atoms with Gasteiger partial charge in [-0.2, -0.15) is 0 Å². The van der Waals surface area contributed by atoms with Crippen LogP contribution in [-0.4, -0.2) is 0 Å². The first-order valence-electron chi connectivity index (χ1n) is 18.1. The largest absolute Gasteiger partial charge is 0.456 e. The maximum absolute atomic E-state index is 6.27. The first-order chi connectivity index (χ1) is 26.2. The Morgan fingerprint density at radius 2 is 0.698 bits per heavy atom. The Morgan fingerprint density at radius 1 is 0.321 bits per heavy atom. The summed E-state index contributed by atoms with van der Waals surface area (Å²) in [6, 6.07) is 73.3. The highest BCUT2D eigenvalue weighted by Gasteiger charge is 2.15. The lowest BCUT2D eigenvalue weighted by Gasteiger charge is -2.26. The van der Waals surface area contributed by atoms with E-state index in [2.05, 4.69) is 206 Å². The smallest absolute Gasteiger partial charge is 0.138 e. The van der Waals surface area contributed by atoms with Crippen LogP contribution >= 0.6 is 0 Å². The normalized spacial score (nSPS) is 11.1. The SMILES string of the molecule is Cc1c(-c2cccc(-c3ccc(-c4ccc(N(c5ccccc5)c5ccc(-c6cccc(-c7ccccc7)c6)cc5)cc4)cc3)c2)oc2ccccc12. The molecule has 0 amide bonds. The summed E-state index contributed by atoms with van der Waals surface area (Å²) in [4.78, 5) is 2.31. The first kappa shape index (κ1) is 32.0. The van der Waals surface area contributed by atoms with Gasteiger partial charge in [0.1, 0.15) is 11.3 Å². The zero-order valence-corrected chi connectivity index (χ0v) is 29.5. The Labute approximate surface area is 310 Å². The summed E-state index contributed by atoms with van der Waals surface area (Å²) in [5, 5.41) is 1.16. The topological polar surface area (TPSA) is 16.4 Å².